The van der Waals surface area contributed by atoms with Crippen molar-refractivity contribution in [2.24, 2.45) is 0 Å². The Labute approximate surface area is 131 Å². The first-order valence-corrected chi connectivity index (χ1v) is 7.13. The maximum atomic E-state index is 14.7. The molecule has 3 aromatic rings. The minimum Gasteiger partial charge on any atom is -0.461 e. The van der Waals surface area contributed by atoms with Crippen LogP contribution in [-0.4, -0.2) is 22.0 Å². The topological polar surface area (TPSA) is 43.6 Å². The summed E-state index contributed by atoms with van der Waals surface area (Å²) in [6, 6.07) is 13.5. The van der Waals surface area contributed by atoms with Crippen molar-refractivity contribution in [2.45, 2.75) is 12.8 Å². The van der Waals surface area contributed by atoms with E-state index in [1.54, 1.807) is 48.5 Å². The quantitative estimate of drug-likeness (QED) is 0.690. The highest BCUT2D eigenvalue weighted by molar-refractivity contribution is 5.83. The van der Waals surface area contributed by atoms with Gasteiger partial charge in [-0.1, -0.05) is 36.4 Å². The van der Waals surface area contributed by atoms with Crippen LogP contribution in [0.2, 0.25) is 0 Å². The number of halogens is 2. The highest BCUT2D eigenvalue weighted by Crippen LogP contribution is 2.37. The Morgan fingerprint density at radius 1 is 1.17 bits per heavy atom. The molecule has 0 radical (unpaired) electrons. The first-order chi connectivity index (χ1) is 11.1. The predicted molar refractivity (Wildman–Crippen MR) is 81.2 cm³/mol. The second-order valence-electron chi connectivity index (χ2n) is 4.90. The van der Waals surface area contributed by atoms with E-state index in [9.17, 15) is 13.6 Å². The molecule has 23 heavy (non-hydrogen) atoms. The fraction of sp³-hybridized carbons (Fsp3) is 0.176. The third kappa shape index (κ3) is 2.56. The summed E-state index contributed by atoms with van der Waals surface area (Å²) in [6.07, 6.45) is 1.46. The number of nitrogens with zero attached hydrogens (tertiary/aromatic N) is 2. The van der Waals surface area contributed by atoms with Crippen LogP contribution in [0.25, 0.3) is 16.9 Å². The van der Waals surface area contributed by atoms with E-state index in [1.807, 2.05) is 0 Å². The maximum absolute atomic E-state index is 14.7. The molecule has 0 unspecified atom stereocenters. The van der Waals surface area contributed by atoms with Gasteiger partial charge in [0.2, 0.25) is 0 Å². The Hall–Kier alpha value is -2.76. The summed E-state index contributed by atoms with van der Waals surface area (Å²) in [6.45, 7) is 1.37. The van der Waals surface area contributed by atoms with Crippen molar-refractivity contribution in [1.82, 2.24) is 9.38 Å². The molecule has 0 aliphatic heterocycles. The first-order valence-electron chi connectivity index (χ1n) is 7.13. The number of hydrogen-bond donors (Lipinski definition) is 0. The van der Waals surface area contributed by atoms with Crippen LogP contribution >= 0.6 is 0 Å². The molecule has 0 atom stereocenters. The van der Waals surface area contributed by atoms with Crippen LogP contribution in [0.1, 0.15) is 12.6 Å². The van der Waals surface area contributed by atoms with Gasteiger partial charge in [-0.15, -0.1) is 0 Å². The molecule has 0 spiro atoms. The van der Waals surface area contributed by atoms with Crippen LogP contribution in [0.3, 0.4) is 0 Å². The standard InChI is InChI=1S/C17H14F2N2O2/c1-2-23-16(22)17(18,19)15-14(12-8-4-3-5-9-12)20-13-10-6-7-11-21(13)15/h3-11H,2H2,1H3. The number of benzene rings is 1. The summed E-state index contributed by atoms with van der Waals surface area (Å²) in [4.78, 5) is 16.0. The smallest absolute Gasteiger partial charge is 0.385 e. The SMILES string of the molecule is CCOC(=O)C(F)(F)c1c(-c2ccccc2)nc2ccccn12. The zero-order chi connectivity index (χ0) is 16.4. The van der Waals surface area contributed by atoms with E-state index >= 15 is 0 Å². The van der Waals surface area contributed by atoms with E-state index in [-0.39, 0.29) is 12.3 Å². The lowest BCUT2D eigenvalue weighted by atomic mass is 10.1. The van der Waals surface area contributed by atoms with Crippen molar-refractivity contribution in [3.8, 4) is 11.3 Å². The molecule has 3 rings (SSSR count). The van der Waals surface area contributed by atoms with E-state index < -0.39 is 17.6 Å². The van der Waals surface area contributed by atoms with Gasteiger partial charge in [0.15, 0.2) is 0 Å². The van der Waals surface area contributed by atoms with Crippen molar-refractivity contribution in [3.05, 3.63) is 60.4 Å². The highest BCUT2D eigenvalue weighted by Gasteiger charge is 2.47. The summed E-state index contributed by atoms with van der Waals surface area (Å²) in [5, 5.41) is 0. The number of carbonyl (C=O) groups is 1. The van der Waals surface area contributed by atoms with Crippen molar-refractivity contribution < 1.29 is 18.3 Å². The van der Waals surface area contributed by atoms with Crippen LogP contribution < -0.4 is 0 Å². The molecule has 0 saturated carbocycles. The van der Waals surface area contributed by atoms with Crippen molar-refractivity contribution in [2.75, 3.05) is 6.61 Å². The van der Waals surface area contributed by atoms with Crippen LogP contribution in [0, 0.1) is 0 Å². The molecule has 0 fully saturated rings. The predicted octanol–water partition coefficient (Wildman–Crippen LogP) is 3.66. The molecule has 6 heteroatoms. The van der Waals surface area contributed by atoms with E-state index in [0.717, 1.165) is 0 Å². The minimum absolute atomic E-state index is 0.0647. The molecular formula is C17H14F2N2O2. The third-order valence-electron chi connectivity index (χ3n) is 3.41. The van der Waals surface area contributed by atoms with Crippen molar-refractivity contribution in [1.29, 1.82) is 0 Å². The van der Waals surface area contributed by atoms with Crippen LogP contribution in [-0.2, 0) is 15.5 Å². The van der Waals surface area contributed by atoms with Gasteiger partial charge >= 0.3 is 11.9 Å². The summed E-state index contributed by atoms with van der Waals surface area (Å²) in [7, 11) is 0. The number of imidazole rings is 1. The molecular weight excluding hydrogens is 302 g/mol. The molecule has 2 aromatic heterocycles. The number of rotatable bonds is 4. The molecule has 0 saturated heterocycles. The summed E-state index contributed by atoms with van der Waals surface area (Å²) in [5.41, 5.74) is 0.424. The van der Waals surface area contributed by atoms with Gasteiger partial charge in [-0.25, -0.2) is 9.78 Å². The summed E-state index contributed by atoms with van der Waals surface area (Å²) in [5.74, 6) is -5.38. The van der Waals surface area contributed by atoms with E-state index in [4.69, 9.17) is 0 Å². The lowest BCUT2D eigenvalue weighted by Crippen LogP contribution is -2.30. The number of hydrogen-bond acceptors (Lipinski definition) is 3. The summed E-state index contributed by atoms with van der Waals surface area (Å²) >= 11 is 0. The molecule has 4 nitrogen and oxygen atoms in total. The Morgan fingerprint density at radius 3 is 2.57 bits per heavy atom. The van der Waals surface area contributed by atoms with Crippen molar-refractivity contribution in [3.63, 3.8) is 0 Å². The Kier molecular flexibility index (Phi) is 3.82. The number of ether oxygens (including phenoxy) is 1. The fourth-order valence-electron chi connectivity index (χ4n) is 2.41. The summed E-state index contributed by atoms with van der Waals surface area (Å²) < 4.78 is 35.2. The van der Waals surface area contributed by atoms with E-state index in [0.29, 0.717) is 11.2 Å². The van der Waals surface area contributed by atoms with Crippen molar-refractivity contribution >= 4 is 11.6 Å². The molecule has 118 valence electrons. The Bertz CT molecular complexity index is 844. The van der Waals surface area contributed by atoms with Crippen LogP contribution in [0.15, 0.2) is 54.7 Å². The number of alkyl halides is 2. The normalized spacial score (nSPS) is 11.6. The molecule has 0 N–H and O–H groups in total. The molecule has 2 heterocycles. The number of fused-ring (bicyclic) bond motifs is 1. The Balaban J connectivity index is 2.27. The van der Waals surface area contributed by atoms with Gasteiger partial charge < -0.3 is 4.74 Å². The number of pyridine rings is 1. The first kappa shape index (κ1) is 15.1. The number of esters is 1. The molecule has 0 bridgehead atoms. The van der Waals surface area contributed by atoms with Crippen LogP contribution in [0.4, 0.5) is 8.78 Å². The molecule has 0 aliphatic rings. The van der Waals surface area contributed by atoms with Gasteiger partial charge in [-0.3, -0.25) is 4.40 Å². The average molecular weight is 316 g/mol. The zero-order valence-corrected chi connectivity index (χ0v) is 12.4. The minimum atomic E-state index is -3.80. The second-order valence-corrected chi connectivity index (χ2v) is 4.90. The van der Waals surface area contributed by atoms with Gasteiger partial charge in [0.05, 0.1) is 12.3 Å². The lowest BCUT2D eigenvalue weighted by Gasteiger charge is -2.16. The maximum Gasteiger partial charge on any atom is 0.385 e. The third-order valence-corrected chi connectivity index (χ3v) is 3.41. The monoisotopic (exact) mass is 316 g/mol. The zero-order valence-electron chi connectivity index (χ0n) is 12.4. The van der Waals surface area contributed by atoms with E-state index in [2.05, 4.69) is 9.72 Å². The van der Waals surface area contributed by atoms with Gasteiger partial charge in [0.25, 0.3) is 0 Å². The largest absolute Gasteiger partial charge is 0.461 e. The molecule has 0 amide bonds. The molecule has 0 aliphatic carbocycles. The average Bonchev–Trinajstić information content (AvgIpc) is 2.96. The fourth-order valence-corrected chi connectivity index (χ4v) is 2.41. The van der Waals surface area contributed by atoms with Gasteiger partial charge in [0, 0.05) is 11.8 Å². The van der Waals surface area contributed by atoms with Gasteiger partial charge in [-0.05, 0) is 19.1 Å². The Morgan fingerprint density at radius 2 is 1.87 bits per heavy atom. The van der Waals surface area contributed by atoms with Gasteiger partial charge in [-0.2, -0.15) is 8.78 Å². The van der Waals surface area contributed by atoms with Crippen LogP contribution in [0.5, 0.6) is 0 Å². The number of carbonyl (C=O) groups excluding carboxylic acids is 1. The number of aromatic nitrogens is 2. The van der Waals surface area contributed by atoms with E-state index in [1.165, 1.54) is 17.5 Å². The molecule has 1 aromatic carbocycles. The van der Waals surface area contributed by atoms with Gasteiger partial charge in [0.1, 0.15) is 11.3 Å². The lowest BCUT2D eigenvalue weighted by molar-refractivity contribution is -0.173. The second kappa shape index (κ2) is 5.79. The highest BCUT2D eigenvalue weighted by atomic mass is 19.3.